The van der Waals surface area contributed by atoms with Crippen molar-refractivity contribution < 1.29 is 14.4 Å². The number of ether oxygens (including phenoxy) is 1. The highest BCUT2D eigenvalue weighted by Crippen LogP contribution is 2.35. The number of nitrogens with zero attached hydrogens (tertiary/aromatic N) is 5. The molecule has 5 N–H and O–H groups in total. The summed E-state index contributed by atoms with van der Waals surface area (Å²) in [5.41, 5.74) is 7.96. The summed E-state index contributed by atoms with van der Waals surface area (Å²) < 4.78 is 20.0. The van der Waals surface area contributed by atoms with Gasteiger partial charge in [0.2, 0.25) is 5.95 Å². The zero-order valence-electron chi connectivity index (χ0n) is 15.4. The molecular weight excluding hydrogens is 371 g/mol. The summed E-state index contributed by atoms with van der Waals surface area (Å²) >= 11 is 0. The molecule has 1 fully saturated rings. The number of imidazole rings is 2. The summed E-state index contributed by atoms with van der Waals surface area (Å²) in [5, 5.41) is 13.6. The van der Waals surface area contributed by atoms with Crippen LogP contribution in [0.3, 0.4) is 0 Å². The van der Waals surface area contributed by atoms with Crippen LogP contribution in [0.4, 0.5) is 11.8 Å². The van der Waals surface area contributed by atoms with Gasteiger partial charge in [-0.25, -0.2) is 19.9 Å². The lowest BCUT2D eigenvalue weighted by Gasteiger charge is -2.17. The minimum atomic E-state index is -0.712. The molecule has 1 aliphatic heterocycles. The third-order valence-electron chi connectivity index (χ3n) is 4.48. The molecule has 144 valence electrons. The fourth-order valence-corrected chi connectivity index (χ4v) is 3.32. The van der Waals surface area contributed by atoms with Crippen molar-refractivity contribution in [2.45, 2.75) is 31.3 Å². The van der Waals surface area contributed by atoms with Crippen LogP contribution in [0, 0.1) is 0 Å². The number of aromatic nitrogens is 6. The summed E-state index contributed by atoms with van der Waals surface area (Å²) in [6.45, 7) is 0.757. The number of nitrogens with one attached hydrogen (secondary N) is 2. The van der Waals surface area contributed by atoms with Gasteiger partial charge < -0.3 is 30.4 Å². The molecule has 0 bridgehead atoms. The second-order valence-corrected chi connectivity index (χ2v) is 6.52. The minimum absolute atomic E-state index is 0.159. The Hall–Kier alpha value is -2.33. The van der Waals surface area contributed by atoms with E-state index in [1.165, 1.54) is 6.33 Å². The first-order valence-electron chi connectivity index (χ1n) is 8.99. The van der Waals surface area contributed by atoms with E-state index in [9.17, 15) is 5.11 Å². The smallest absolute Gasteiger partial charge is 0.207 e. The van der Waals surface area contributed by atoms with Crippen LogP contribution in [0.25, 0.3) is 11.2 Å². The number of aromatic amines is 1. The minimum Gasteiger partial charge on any atom is -0.390 e. The Morgan fingerprint density at radius 2 is 2.48 bits per heavy atom. The molecule has 3 aromatic rings. The van der Waals surface area contributed by atoms with Crippen molar-refractivity contribution >= 4 is 32.3 Å². The Labute approximate surface area is 158 Å². The van der Waals surface area contributed by atoms with Gasteiger partial charge in [0.25, 0.3) is 0 Å². The molecular formula is C15H21N8O3P. The molecule has 4 rings (SSSR count). The first kappa shape index (κ1) is 16.8. The van der Waals surface area contributed by atoms with Gasteiger partial charge in [-0.3, -0.25) is 4.57 Å². The third-order valence-corrected chi connectivity index (χ3v) is 4.64. The van der Waals surface area contributed by atoms with E-state index >= 15 is 0 Å². The Kier molecular flexibility index (Phi) is 4.81. The summed E-state index contributed by atoms with van der Waals surface area (Å²) in [6.07, 6.45) is 4.12. The SMILES string of the molecule is [3H]POCC1OC(n2c(NCCc3cnc[nH]3)nc3c(N)ncnc32)CC1O. The van der Waals surface area contributed by atoms with E-state index in [4.69, 9.17) is 16.3 Å². The zero-order chi connectivity index (χ0) is 19.5. The van der Waals surface area contributed by atoms with Gasteiger partial charge >= 0.3 is 0 Å². The van der Waals surface area contributed by atoms with Crippen LogP contribution < -0.4 is 11.1 Å². The van der Waals surface area contributed by atoms with Crippen LogP contribution in [0.1, 0.15) is 18.3 Å². The Bertz CT molecular complexity index is 924. The van der Waals surface area contributed by atoms with Gasteiger partial charge in [-0.05, 0) is 0 Å². The molecule has 4 atom stereocenters. The van der Waals surface area contributed by atoms with Crippen LogP contribution >= 0.6 is 9.41 Å². The largest absolute Gasteiger partial charge is 0.390 e. The molecule has 12 heteroatoms. The number of rotatable bonds is 8. The first-order chi connectivity index (χ1) is 13.7. The average Bonchev–Trinajstić information content (AvgIpc) is 3.40. The summed E-state index contributed by atoms with van der Waals surface area (Å²) in [6, 6.07) is 0. The van der Waals surface area contributed by atoms with Crippen molar-refractivity contribution in [2.75, 3.05) is 24.2 Å². The highest BCUT2D eigenvalue weighted by Gasteiger charge is 2.37. The highest BCUT2D eigenvalue weighted by atomic mass is 31.0. The topological polar surface area (TPSA) is 149 Å². The van der Waals surface area contributed by atoms with Crippen LogP contribution in [0.5, 0.6) is 0 Å². The van der Waals surface area contributed by atoms with Crippen LogP contribution in [0.15, 0.2) is 18.9 Å². The molecule has 4 unspecified atom stereocenters. The van der Waals surface area contributed by atoms with Crippen molar-refractivity contribution in [2.24, 2.45) is 0 Å². The zero-order valence-corrected chi connectivity index (χ0v) is 15.4. The van der Waals surface area contributed by atoms with Crippen molar-refractivity contribution in [3.63, 3.8) is 0 Å². The Morgan fingerprint density at radius 3 is 3.30 bits per heavy atom. The maximum atomic E-state index is 10.3. The van der Waals surface area contributed by atoms with Gasteiger partial charge in [-0.15, -0.1) is 0 Å². The molecule has 0 spiro atoms. The number of nitrogen functional groups attached to an aromatic ring is 1. The number of hydrogen-bond acceptors (Lipinski definition) is 9. The van der Waals surface area contributed by atoms with Crippen molar-refractivity contribution in [3.05, 3.63) is 24.5 Å². The maximum absolute atomic E-state index is 10.3. The van der Waals surface area contributed by atoms with Crippen molar-refractivity contribution in [1.29, 1.82) is 1.28 Å². The van der Waals surface area contributed by atoms with Gasteiger partial charge in [-0.1, -0.05) is 0 Å². The quantitative estimate of drug-likeness (QED) is 0.394. The lowest BCUT2D eigenvalue weighted by atomic mass is 10.2. The van der Waals surface area contributed by atoms with Gasteiger partial charge in [0.05, 0.1) is 20.3 Å². The van der Waals surface area contributed by atoms with E-state index in [2.05, 4.69) is 30.2 Å². The number of aliphatic hydroxyl groups is 1. The Balaban J connectivity index is 1.59. The molecule has 1 aliphatic rings. The number of hydrogen-bond donors (Lipinski definition) is 4. The normalized spacial score (nSPS) is 23.4. The second-order valence-electron chi connectivity index (χ2n) is 6.23. The lowest BCUT2D eigenvalue weighted by Crippen LogP contribution is -2.24. The van der Waals surface area contributed by atoms with Crippen LogP contribution in [-0.2, 0) is 15.7 Å². The predicted octanol–water partition coefficient (Wildman–Crippen LogP) is 0.241. The van der Waals surface area contributed by atoms with E-state index < -0.39 is 27.8 Å². The maximum Gasteiger partial charge on any atom is 0.207 e. The van der Waals surface area contributed by atoms with Crippen LogP contribution in [-0.4, -0.2) is 61.2 Å². The molecule has 1 saturated heterocycles. The molecule has 11 nitrogen and oxygen atoms in total. The highest BCUT2D eigenvalue weighted by molar-refractivity contribution is 7.09. The summed E-state index contributed by atoms with van der Waals surface area (Å²) in [4.78, 5) is 19.9. The number of nitrogens with two attached hydrogens (primary N) is 1. The lowest BCUT2D eigenvalue weighted by molar-refractivity contribution is -0.0346. The van der Waals surface area contributed by atoms with Crippen molar-refractivity contribution in [3.8, 4) is 0 Å². The van der Waals surface area contributed by atoms with Gasteiger partial charge in [0.1, 0.15) is 18.7 Å². The number of aliphatic hydroxyl groups excluding tert-OH is 1. The van der Waals surface area contributed by atoms with Gasteiger partial charge in [0, 0.05) is 40.7 Å². The van der Waals surface area contributed by atoms with E-state index in [0.29, 0.717) is 30.1 Å². The van der Waals surface area contributed by atoms with E-state index in [0.717, 1.165) is 12.1 Å². The first-order valence-corrected chi connectivity index (χ1v) is 8.89. The fraction of sp³-hybridized carbons (Fsp3) is 0.467. The molecule has 3 aromatic heterocycles. The van der Waals surface area contributed by atoms with E-state index in [1.54, 1.807) is 17.1 Å². The molecule has 0 aliphatic carbocycles. The average molecular weight is 394 g/mol. The molecule has 0 amide bonds. The molecule has 0 radical (unpaired) electrons. The molecule has 0 aromatic carbocycles. The van der Waals surface area contributed by atoms with Crippen LogP contribution in [0.2, 0.25) is 0 Å². The molecule has 27 heavy (non-hydrogen) atoms. The number of fused-ring (bicyclic) bond motifs is 1. The monoisotopic (exact) mass is 394 g/mol. The predicted molar refractivity (Wildman–Crippen MR) is 101 cm³/mol. The fourth-order valence-electron chi connectivity index (χ4n) is 3.16. The standard InChI is InChI=1S/C15H21N8O3P/c16-13-12-14(21-7-20-13)23(11-3-9(24)10(26-11)5-25-27)15(22-12)18-2-1-8-4-17-6-19-8/h4,6-7,9-11,24H,1-3,5,27H2,(H,17,19)(H,18,22)(H2,16,20,21)/i27T. The van der Waals surface area contributed by atoms with Crippen molar-refractivity contribution in [1.82, 2.24) is 29.5 Å². The molecule has 0 saturated carbocycles. The molecule has 4 heterocycles. The summed E-state index contributed by atoms with van der Waals surface area (Å²) in [5.74, 6) is 0.803. The van der Waals surface area contributed by atoms with Gasteiger partial charge in [-0.2, -0.15) is 0 Å². The number of H-pyrrole nitrogens is 1. The number of anilines is 2. The summed E-state index contributed by atoms with van der Waals surface area (Å²) in [7, 11) is -0.410. The third kappa shape index (κ3) is 3.59. The van der Waals surface area contributed by atoms with E-state index in [1.807, 2.05) is 0 Å². The van der Waals surface area contributed by atoms with Gasteiger partial charge in [0.15, 0.2) is 17.0 Å². The Morgan fingerprint density at radius 1 is 1.56 bits per heavy atom. The van der Waals surface area contributed by atoms with E-state index in [-0.39, 0.29) is 12.4 Å². The second kappa shape index (κ2) is 7.73.